The maximum absolute atomic E-state index is 12.1. The lowest BCUT2D eigenvalue weighted by Crippen LogP contribution is -2.22. The van der Waals surface area contributed by atoms with Gasteiger partial charge in [-0.15, -0.1) is 0 Å². The van der Waals surface area contributed by atoms with E-state index in [0.717, 1.165) is 11.1 Å². The molecule has 19 heavy (non-hydrogen) atoms. The summed E-state index contributed by atoms with van der Waals surface area (Å²) in [7, 11) is 3.59. The molecule has 1 fully saturated rings. The second kappa shape index (κ2) is 6.55. The first-order valence-corrected chi connectivity index (χ1v) is 7.17. The highest BCUT2D eigenvalue weighted by atomic mass is 16.2. The van der Waals surface area contributed by atoms with Crippen LogP contribution in [0, 0.1) is 5.92 Å². The number of amides is 1. The summed E-state index contributed by atoms with van der Waals surface area (Å²) < 4.78 is 0. The zero-order valence-electron chi connectivity index (χ0n) is 11.9. The van der Waals surface area contributed by atoms with Gasteiger partial charge in [-0.1, -0.05) is 49.6 Å². The number of benzene rings is 1. The Morgan fingerprint density at radius 3 is 2.53 bits per heavy atom. The predicted molar refractivity (Wildman–Crippen MR) is 80.1 cm³/mol. The molecule has 102 valence electrons. The second-order valence-corrected chi connectivity index (χ2v) is 5.54. The highest BCUT2D eigenvalue weighted by Crippen LogP contribution is 2.25. The van der Waals surface area contributed by atoms with Gasteiger partial charge in [0.05, 0.1) is 0 Å². The summed E-state index contributed by atoms with van der Waals surface area (Å²) in [6, 6.07) is 7.85. The summed E-state index contributed by atoms with van der Waals surface area (Å²) in [5.74, 6) is 0.764. The minimum absolute atomic E-state index is 0.0731. The molecule has 0 spiro atoms. The maximum atomic E-state index is 12.1. The lowest BCUT2D eigenvalue weighted by molar-refractivity contribution is 0.0827. The zero-order chi connectivity index (χ0) is 13.7. The normalized spacial score (nSPS) is 16.7. The minimum Gasteiger partial charge on any atom is -0.345 e. The largest absolute Gasteiger partial charge is 0.345 e. The fraction of sp³-hybridized carbons (Fsp3) is 0.471. The Morgan fingerprint density at radius 1 is 1.16 bits per heavy atom. The van der Waals surface area contributed by atoms with Crippen LogP contribution in [0.15, 0.2) is 30.3 Å². The maximum Gasteiger partial charge on any atom is 0.253 e. The molecule has 1 saturated carbocycles. The van der Waals surface area contributed by atoms with E-state index in [-0.39, 0.29) is 5.91 Å². The first-order chi connectivity index (χ1) is 9.18. The number of nitrogens with zero attached hydrogens (tertiary/aromatic N) is 1. The summed E-state index contributed by atoms with van der Waals surface area (Å²) in [6.07, 6.45) is 11.1. The van der Waals surface area contributed by atoms with Gasteiger partial charge in [-0.3, -0.25) is 4.79 Å². The lowest BCUT2D eigenvalue weighted by Gasteiger charge is -2.18. The van der Waals surface area contributed by atoms with Crippen molar-refractivity contribution >= 4 is 12.0 Å². The van der Waals surface area contributed by atoms with Crippen molar-refractivity contribution < 1.29 is 4.79 Å². The van der Waals surface area contributed by atoms with Gasteiger partial charge in [-0.2, -0.15) is 0 Å². The molecule has 0 aliphatic heterocycles. The summed E-state index contributed by atoms with van der Waals surface area (Å²) in [5, 5.41) is 0. The molecule has 0 N–H and O–H groups in total. The van der Waals surface area contributed by atoms with Crippen LogP contribution in [0.4, 0.5) is 0 Å². The van der Waals surface area contributed by atoms with Crippen molar-refractivity contribution in [2.75, 3.05) is 14.1 Å². The van der Waals surface area contributed by atoms with Crippen LogP contribution in [0.5, 0.6) is 0 Å². The molecule has 2 heteroatoms. The SMILES string of the molecule is CN(C)C(=O)c1ccccc1C=CC1CCCCC1. The number of allylic oxidation sites excluding steroid dienone is 1. The highest BCUT2D eigenvalue weighted by Gasteiger charge is 2.12. The predicted octanol–water partition coefficient (Wildman–Crippen LogP) is 3.98. The van der Waals surface area contributed by atoms with Crippen LogP contribution in [-0.4, -0.2) is 24.9 Å². The third-order valence-electron chi connectivity index (χ3n) is 3.80. The van der Waals surface area contributed by atoms with Gasteiger partial charge in [0.15, 0.2) is 0 Å². The van der Waals surface area contributed by atoms with E-state index in [4.69, 9.17) is 0 Å². The van der Waals surface area contributed by atoms with Crippen molar-refractivity contribution in [3.63, 3.8) is 0 Å². The van der Waals surface area contributed by atoms with Gasteiger partial charge in [0.2, 0.25) is 0 Å². The smallest absolute Gasteiger partial charge is 0.253 e. The Labute approximate surface area is 116 Å². The third kappa shape index (κ3) is 3.69. The molecule has 0 bridgehead atoms. The topological polar surface area (TPSA) is 20.3 Å². The second-order valence-electron chi connectivity index (χ2n) is 5.54. The van der Waals surface area contributed by atoms with E-state index in [1.54, 1.807) is 19.0 Å². The van der Waals surface area contributed by atoms with Crippen LogP contribution in [0.1, 0.15) is 48.0 Å². The fourth-order valence-corrected chi connectivity index (χ4v) is 2.64. The van der Waals surface area contributed by atoms with Crippen LogP contribution >= 0.6 is 0 Å². The Hall–Kier alpha value is -1.57. The third-order valence-corrected chi connectivity index (χ3v) is 3.80. The number of rotatable bonds is 3. The first-order valence-electron chi connectivity index (χ1n) is 7.17. The summed E-state index contributed by atoms with van der Waals surface area (Å²) in [4.78, 5) is 13.7. The van der Waals surface area contributed by atoms with E-state index >= 15 is 0 Å². The summed E-state index contributed by atoms with van der Waals surface area (Å²) in [6.45, 7) is 0. The van der Waals surface area contributed by atoms with Crippen molar-refractivity contribution in [3.05, 3.63) is 41.5 Å². The van der Waals surface area contributed by atoms with Gasteiger partial charge in [0, 0.05) is 19.7 Å². The highest BCUT2D eigenvalue weighted by molar-refractivity contribution is 5.97. The molecular formula is C17H23NO. The molecule has 1 amide bonds. The average Bonchev–Trinajstić information content (AvgIpc) is 2.45. The Morgan fingerprint density at radius 2 is 1.84 bits per heavy atom. The van der Waals surface area contributed by atoms with E-state index in [1.807, 2.05) is 24.3 Å². The van der Waals surface area contributed by atoms with Gasteiger partial charge >= 0.3 is 0 Å². The molecule has 0 unspecified atom stereocenters. The van der Waals surface area contributed by atoms with Crippen molar-refractivity contribution in [3.8, 4) is 0 Å². The van der Waals surface area contributed by atoms with E-state index in [0.29, 0.717) is 5.92 Å². The van der Waals surface area contributed by atoms with E-state index < -0.39 is 0 Å². The van der Waals surface area contributed by atoms with Gasteiger partial charge in [-0.25, -0.2) is 0 Å². The Bertz CT molecular complexity index is 456. The summed E-state index contributed by atoms with van der Waals surface area (Å²) in [5.41, 5.74) is 1.83. The van der Waals surface area contributed by atoms with Crippen molar-refractivity contribution in [2.24, 2.45) is 5.92 Å². The van der Waals surface area contributed by atoms with Crippen molar-refractivity contribution in [2.45, 2.75) is 32.1 Å². The van der Waals surface area contributed by atoms with E-state index in [9.17, 15) is 4.79 Å². The molecule has 0 atom stereocenters. The molecule has 1 aliphatic carbocycles. The Kier molecular flexibility index (Phi) is 4.78. The molecule has 1 aromatic rings. The van der Waals surface area contributed by atoms with Crippen molar-refractivity contribution in [1.82, 2.24) is 4.90 Å². The number of carbonyl (C=O) groups is 1. The van der Waals surface area contributed by atoms with Gasteiger partial charge in [0.25, 0.3) is 5.91 Å². The van der Waals surface area contributed by atoms with Crippen LogP contribution in [-0.2, 0) is 0 Å². The molecule has 1 aliphatic rings. The van der Waals surface area contributed by atoms with Crippen molar-refractivity contribution in [1.29, 1.82) is 0 Å². The molecule has 1 aromatic carbocycles. The quantitative estimate of drug-likeness (QED) is 0.802. The van der Waals surface area contributed by atoms with Gasteiger partial charge < -0.3 is 4.90 Å². The van der Waals surface area contributed by atoms with Crippen LogP contribution < -0.4 is 0 Å². The van der Waals surface area contributed by atoms with Gasteiger partial charge in [0.1, 0.15) is 0 Å². The van der Waals surface area contributed by atoms with Crippen LogP contribution in [0.3, 0.4) is 0 Å². The van der Waals surface area contributed by atoms with E-state index in [1.165, 1.54) is 32.1 Å². The Balaban J connectivity index is 2.15. The average molecular weight is 257 g/mol. The fourth-order valence-electron chi connectivity index (χ4n) is 2.64. The molecule has 0 aromatic heterocycles. The van der Waals surface area contributed by atoms with Crippen LogP contribution in [0.25, 0.3) is 6.08 Å². The number of carbonyl (C=O) groups excluding carboxylic acids is 1. The number of hydrogen-bond donors (Lipinski definition) is 0. The lowest BCUT2D eigenvalue weighted by atomic mass is 9.88. The van der Waals surface area contributed by atoms with E-state index in [2.05, 4.69) is 12.2 Å². The minimum atomic E-state index is 0.0731. The molecule has 0 radical (unpaired) electrons. The van der Waals surface area contributed by atoms with Gasteiger partial charge in [-0.05, 0) is 30.4 Å². The molecule has 2 rings (SSSR count). The molecule has 0 heterocycles. The monoisotopic (exact) mass is 257 g/mol. The molecular weight excluding hydrogens is 234 g/mol. The number of hydrogen-bond acceptors (Lipinski definition) is 1. The molecule has 0 saturated heterocycles. The zero-order valence-corrected chi connectivity index (χ0v) is 11.9. The first kappa shape index (κ1) is 13.9. The standard InChI is InChI=1S/C17H23NO/c1-18(2)17(19)16-11-7-6-10-15(16)13-12-14-8-4-3-5-9-14/h6-7,10-14H,3-5,8-9H2,1-2H3. The van der Waals surface area contributed by atoms with Crippen LogP contribution in [0.2, 0.25) is 0 Å². The summed E-state index contributed by atoms with van der Waals surface area (Å²) >= 11 is 0. The molecule has 2 nitrogen and oxygen atoms in total.